The summed E-state index contributed by atoms with van der Waals surface area (Å²) in [6.45, 7) is 3.87. The van der Waals surface area contributed by atoms with Gasteiger partial charge in [-0.15, -0.1) is 0 Å². The lowest BCUT2D eigenvalue weighted by atomic mass is 9.97. The highest BCUT2D eigenvalue weighted by atomic mass is 16.2. The highest BCUT2D eigenvalue weighted by Gasteiger charge is 2.32. The molecule has 8 heteroatoms. The van der Waals surface area contributed by atoms with Crippen molar-refractivity contribution in [1.82, 2.24) is 14.9 Å². The molecule has 8 nitrogen and oxygen atoms in total. The van der Waals surface area contributed by atoms with Crippen molar-refractivity contribution in [3.05, 3.63) is 124 Å². The fraction of sp³-hybridized carbons (Fsp3) is 0.188. The number of fused-ring (bicyclic) bond motifs is 1. The van der Waals surface area contributed by atoms with Crippen LogP contribution in [0.15, 0.2) is 85.2 Å². The molecule has 4 aromatic rings. The van der Waals surface area contributed by atoms with Crippen LogP contribution in [0.25, 0.3) is 0 Å². The number of carbonyl (C=O) groups is 4. The van der Waals surface area contributed by atoms with Gasteiger partial charge in [-0.05, 0) is 72.5 Å². The quantitative estimate of drug-likeness (QED) is 0.348. The molecule has 2 aromatic heterocycles. The van der Waals surface area contributed by atoms with Gasteiger partial charge in [-0.2, -0.15) is 0 Å². The van der Waals surface area contributed by atoms with Crippen molar-refractivity contribution in [2.75, 3.05) is 5.32 Å². The maximum atomic E-state index is 13.6. The number of hydrogen-bond donors (Lipinski definition) is 1. The third kappa shape index (κ3) is 5.86. The van der Waals surface area contributed by atoms with Gasteiger partial charge in [0.2, 0.25) is 0 Å². The molecular weight excluding hydrogens is 504 g/mol. The first-order valence-corrected chi connectivity index (χ1v) is 13.0. The number of nitrogens with one attached hydrogen (secondary N) is 1. The lowest BCUT2D eigenvalue weighted by Gasteiger charge is -2.26. The maximum Gasteiger partial charge on any atom is 0.256 e. The van der Waals surface area contributed by atoms with Crippen molar-refractivity contribution in [2.45, 2.75) is 39.3 Å². The predicted octanol–water partition coefficient (Wildman–Crippen LogP) is 4.62. The molecule has 0 radical (unpaired) electrons. The van der Waals surface area contributed by atoms with E-state index in [1.54, 1.807) is 90.9 Å². The zero-order valence-electron chi connectivity index (χ0n) is 22.3. The minimum absolute atomic E-state index is 0.0816. The summed E-state index contributed by atoms with van der Waals surface area (Å²) in [4.78, 5) is 61.8. The number of benzene rings is 2. The molecule has 0 spiro atoms. The monoisotopic (exact) mass is 532 g/mol. The molecule has 1 atom stereocenters. The zero-order chi connectivity index (χ0) is 28.2. The van der Waals surface area contributed by atoms with Crippen LogP contribution < -0.4 is 5.32 Å². The van der Waals surface area contributed by atoms with Crippen LogP contribution in [0.4, 0.5) is 5.82 Å². The topological polar surface area (TPSA) is 109 Å². The molecular formula is C32H28N4O4. The minimum Gasteiger partial charge on any atom is -0.325 e. The molecule has 200 valence electrons. The van der Waals surface area contributed by atoms with Gasteiger partial charge < -0.3 is 10.2 Å². The summed E-state index contributed by atoms with van der Waals surface area (Å²) in [5.41, 5.74) is 4.41. The van der Waals surface area contributed by atoms with Gasteiger partial charge in [0.05, 0.1) is 6.04 Å². The van der Waals surface area contributed by atoms with Gasteiger partial charge in [0.25, 0.3) is 11.8 Å². The van der Waals surface area contributed by atoms with Crippen LogP contribution >= 0.6 is 0 Å². The molecule has 0 fully saturated rings. The van der Waals surface area contributed by atoms with Crippen LogP contribution in [0.3, 0.4) is 0 Å². The lowest BCUT2D eigenvalue weighted by Crippen LogP contribution is -2.41. The van der Waals surface area contributed by atoms with E-state index < -0.39 is 6.04 Å². The van der Waals surface area contributed by atoms with Crippen LogP contribution in [-0.2, 0) is 24.2 Å². The van der Waals surface area contributed by atoms with E-state index in [1.807, 2.05) is 13.0 Å². The number of aryl methyl sites for hydroxylation is 1. The predicted molar refractivity (Wildman–Crippen MR) is 150 cm³/mol. The minimum atomic E-state index is -0.630. The first-order chi connectivity index (χ1) is 19.3. The number of amides is 2. The van der Waals surface area contributed by atoms with Gasteiger partial charge in [-0.3, -0.25) is 24.2 Å². The average molecular weight is 533 g/mol. The second-order valence-electron chi connectivity index (χ2n) is 9.93. The summed E-state index contributed by atoms with van der Waals surface area (Å²) in [6.07, 6.45) is 3.49. The smallest absolute Gasteiger partial charge is 0.256 e. The van der Waals surface area contributed by atoms with Gasteiger partial charge in [-0.25, -0.2) is 4.98 Å². The molecule has 2 aromatic carbocycles. The van der Waals surface area contributed by atoms with Gasteiger partial charge in [0, 0.05) is 42.9 Å². The van der Waals surface area contributed by atoms with E-state index >= 15 is 0 Å². The van der Waals surface area contributed by atoms with Crippen molar-refractivity contribution in [1.29, 1.82) is 0 Å². The number of pyridine rings is 2. The molecule has 0 unspecified atom stereocenters. The van der Waals surface area contributed by atoms with Crippen molar-refractivity contribution < 1.29 is 19.2 Å². The lowest BCUT2D eigenvalue weighted by molar-refractivity contribution is -0.122. The largest absolute Gasteiger partial charge is 0.325 e. The van der Waals surface area contributed by atoms with Gasteiger partial charge >= 0.3 is 0 Å². The van der Waals surface area contributed by atoms with Crippen LogP contribution in [0, 0.1) is 6.92 Å². The van der Waals surface area contributed by atoms with Crippen molar-refractivity contribution in [3.8, 4) is 0 Å². The second kappa shape index (κ2) is 11.4. The fourth-order valence-electron chi connectivity index (χ4n) is 4.65. The Balaban J connectivity index is 1.30. The molecule has 5 rings (SSSR count). The molecule has 0 bridgehead atoms. The number of ketones is 2. The number of nitrogens with zero attached hydrogens (tertiary/aromatic N) is 3. The highest BCUT2D eigenvalue weighted by molar-refractivity contribution is 6.04. The van der Waals surface area contributed by atoms with Crippen molar-refractivity contribution in [3.63, 3.8) is 0 Å². The van der Waals surface area contributed by atoms with Crippen LogP contribution in [0.1, 0.15) is 60.4 Å². The number of anilines is 1. The summed E-state index contributed by atoms with van der Waals surface area (Å²) >= 11 is 0. The summed E-state index contributed by atoms with van der Waals surface area (Å²) in [5, 5.41) is 2.77. The van der Waals surface area contributed by atoms with E-state index in [-0.39, 0.29) is 42.8 Å². The molecule has 0 aliphatic carbocycles. The van der Waals surface area contributed by atoms with Gasteiger partial charge in [0.1, 0.15) is 11.5 Å². The fourth-order valence-corrected chi connectivity index (χ4v) is 4.65. The Morgan fingerprint density at radius 2 is 1.73 bits per heavy atom. The number of carbonyl (C=O) groups excluding carboxylic acids is 4. The first kappa shape index (κ1) is 26.6. The van der Waals surface area contributed by atoms with E-state index in [0.29, 0.717) is 28.2 Å². The summed E-state index contributed by atoms with van der Waals surface area (Å²) in [5.74, 6) is -0.284. The number of Topliss-reactive ketones (excluding diaryl/α,β-unsaturated/α-hetero) is 2. The van der Waals surface area contributed by atoms with E-state index in [2.05, 4.69) is 15.3 Å². The Hall–Kier alpha value is -4.98. The Morgan fingerprint density at radius 3 is 2.42 bits per heavy atom. The van der Waals surface area contributed by atoms with E-state index in [9.17, 15) is 19.2 Å². The molecule has 1 N–H and O–H groups in total. The normalized spacial score (nSPS) is 14.8. The van der Waals surface area contributed by atoms with Gasteiger partial charge in [-0.1, -0.05) is 36.4 Å². The summed E-state index contributed by atoms with van der Waals surface area (Å²) in [6, 6.07) is 20.3. The Bertz CT molecular complexity index is 1580. The Morgan fingerprint density at radius 1 is 0.950 bits per heavy atom. The Labute approximate surface area is 232 Å². The second-order valence-corrected chi connectivity index (χ2v) is 9.93. The van der Waals surface area contributed by atoms with E-state index in [4.69, 9.17) is 0 Å². The zero-order valence-corrected chi connectivity index (χ0v) is 22.3. The van der Waals surface area contributed by atoms with Crippen LogP contribution in [0.5, 0.6) is 0 Å². The molecule has 40 heavy (non-hydrogen) atoms. The number of rotatable bonds is 7. The van der Waals surface area contributed by atoms with Crippen molar-refractivity contribution in [2.24, 2.45) is 0 Å². The standard InChI is InChI=1S/C32H28N4O4/c1-20-6-13-30(34-18-20)35-31(39)24-10-7-22(8-11-24)19-36-21(2)28(37)17-25-15-23(9-12-26(25)32(36)40)16-29(38)27-5-3-4-14-33-27/h3-15,18,21H,16-17,19H2,1-2H3,(H,34,35,39)/t21-/m1/s1. The van der Waals surface area contributed by atoms with Crippen LogP contribution in [-0.4, -0.2) is 44.3 Å². The van der Waals surface area contributed by atoms with E-state index in [1.165, 1.54) is 0 Å². The Kier molecular flexibility index (Phi) is 7.59. The number of aromatic nitrogens is 2. The molecule has 1 aliphatic heterocycles. The third-order valence-electron chi connectivity index (χ3n) is 7.00. The van der Waals surface area contributed by atoms with Crippen molar-refractivity contribution >= 4 is 29.2 Å². The molecule has 1 aliphatic rings. The SMILES string of the molecule is Cc1ccc(NC(=O)c2ccc(CN3C(=O)c4ccc(CC(=O)c5ccccn5)cc4CC(=O)[C@H]3C)cc2)nc1. The first-order valence-electron chi connectivity index (χ1n) is 13.0. The maximum absolute atomic E-state index is 13.6. The van der Waals surface area contributed by atoms with Gasteiger partial charge in [0.15, 0.2) is 11.6 Å². The summed E-state index contributed by atoms with van der Waals surface area (Å²) < 4.78 is 0. The van der Waals surface area contributed by atoms with E-state index in [0.717, 1.165) is 16.7 Å². The molecule has 2 amide bonds. The summed E-state index contributed by atoms with van der Waals surface area (Å²) in [7, 11) is 0. The highest BCUT2D eigenvalue weighted by Crippen LogP contribution is 2.25. The average Bonchev–Trinajstić information content (AvgIpc) is 3.05. The molecule has 0 saturated carbocycles. The molecule has 3 heterocycles. The van der Waals surface area contributed by atoms with Crippen LogP contribution in [0.2, 0.25) is 0 Å². The molecule has 0 saturated heterocycles. The third-order valence-corrected chi connectivity index (χ3v) is 7.00. The number of hydrogen-bond acceptors (Lipinski definition) is 6.